The summed E-state index contributed by atoms with van der Waals surface area (Å²) in [4.78, 5) is 15.5. The topological polar surface area (TPSA) is 38.1 Å². The van der Waals surface area contributed by atoms with Gasteiger partial charge in [0.1, 0.15) is 5.69 Å². The van der Waals surface area contributed by atoms with E-state index in [0.717, 1.165) is 13.0 Å². The van der Waals surface area contributed by atoms with E-state index in [4.69, 9.17) is 0 Å². The van der Waals surface area contributed by atoms with Gasteiger partial charge in [-0.15, -0.1) is 11.3 Å². The lowest BCUT2D eigenvalue weighted by atomic mass is 10.2. The minimum Gasteiger partial charge on any atom is -0.333 e. The highest BCUT2D eigenvalue weighted by Crippen LogP contribution is 2.24. The lowest BCUT2D eigenvalue weighted by Crippen LogP contribution is -2.31. The molecule has 0 saturated carbocycles. The molecule has 2 aromatic heterocycles. The number of nitrogens with zero attached hydrogens (tertiary/aromatic N) is 3. The zero-order valence-corrected chi connectivity index (χ0v) is 12.4. The number of thiophene rings is 1. The van der Waals surface area contributed by atoms with E-state index < -0.39 is 0 Å². The van der Waals surface area contributed by atoms with Crippen LogP contribution < -0.4 is 0 Å². The minimum absolute atomic E-state index is 0.0202. The van der Waals surface area contributed by atoms with Crippen LogP contribution in [0.4, 0.5) is 0 Å². The molecular weight excluding hydrogens is 258 g/mol. The SMILES string of the molecule is CCCn1nccc1C(=O)N(C)[C@@H](C)c1cccs1. The summed E-state index contributed by atoms with van der Waals surface area (Å²) >= 11 is 1.67. The molecule has 5 heteroatoms. The maximum absolute atomic E-state index is 12.5. The summed E-state index contributed by atoms with van der Waals surface area (Å²) in [5.74, 6) is 0.0202. The fourth-order valence-electron chi connectivity index (χ4n) is 1.98. The molecule has 2 rings (SSSR count). The van der Waals surface area contributed by atoms with Crippen molar-refractivity contribution in [2.24, 2.45) is 0 Å². The molecule has 0 aliphatic rings. The van der Waals surface area contributed by atoms with E-state index in [1.54, 1.807) is 33.2 Å². The third-order valence-electron chi connectivity index (χ3n) is 3.23. The second-order valence-electron chi connectivity index (χ2n) is 4.55. The van der Waals surface area contributed by atoms with Gasteiger partial charge in [0.15, 0.2) is 0 Å². The van der Waals surface area contributed by atoms with Gasteiger partial charge in [0.2, 0.25) is 0 Å². The number of hydrogen-bond acceptors (Lipinski definition) is 3. The van der Waals surface area contributed by atoms with Gasteiger partial charge < -0.3 is 4.90 Å². The Kier molecular flexibility index (Phi) is 4.37. The quantitative estimate of drug-likeness (QED) is 0.842. The first-order valence-corrected chi connectivity index (χ1v) is 7.35. The molecule has 0 spiro atoms. The Morgan fingerprint density at radius 1 is 1.53 bits per heavy atom. The van der Waals surface area contributed by atoms with Gasteiger partial charge in [0.25, 0.3) is 5.91 Å². The van der Waals surface area contributed by atoms with Crippen LogP contribution in [0, 0.1) is 0 Å². The third kappa shape index (κ3) is 2.87. The second kappa shape index (κ2) is 6.02. The van der Waals surface area contributed by atoms with E-state index >= 15 is 0 Å². The van der Waals surface area contributed by atoms with E-state index in [2.05, 4.69) is 18.1 Å². The number of amides is 1. The zero-order valence-electron chi connectivity index (χ0n) is 11.5. The summed E-state index contributed by atoms with van der Waals surface area (Å²) in [6.45, 7) is 4.90. The third-order valence-corrected chi connectivity index (χ3v) is 4.27. The molecule has 0 saturated heterocycles. The van der Waals surface area contributed by atoms with Crippen molar-refractivity contribution in [3.63, 3.8) is 0 Å². The monoisotopic (exact) mass is 277 g/mol. The van der Waals surface area contributed by atoms with Crippen LogP contribution in [0.1, 0.15) is 41.7 Å². The second-order valence-corrected chi connectivity index (χ2v) is 5.53. The number of carbonyl (C=O) groups excluding carboxylic acids is 1. The summed E-state index contributed by atoms with van der Waals surface area (Å²) in [7, 11) is 1.84. The molecule has 0 bridgehead atoms. The molecule has 0 N–H and O–H groups in total. The molecule has 0 radical (unpaired) electrons. The first kappa shape index (κ1) is 13.8. The first-order valence-electron chi connectivity index (χ1n) is 6.47. The Morgan fingerprint density at radius 3 is 2.95 bits per heavy atom. The molecule has 0 aromatic carbocycles. The van der Waals surface area contributed by atoms with E-state index in [-0.39, 0.29) is 11.9 Å². The van der Waals surface area contributed by atoms with Crippen molar-refractivity contribution in [1.82, 2.24) is 14.7 Å². The molecule has 2 heterocycles. The van der Waals surface area contributed by atoms with Gasteiger partial charge in [0.05, 0.1) is 6.04 Å². The first-order chi connectivity index (χ1) is 9.15. The molecule has 1 amide bonds. The Labute approximate surface area is 117 Å². The highest BCUT2D eigenvalue weighted by atomic mass is 32.1. The molecule has 102 valence electrons. The van der Waals surface area contributed by atoms with Crippen LogP contribution in [0.2, 0.25) is 0 Å². The molecular formula is C14H19N3OS. The van der Waals surface area contributed by atoms with Gasteiger partial charge in [-0.1, -0.05) is 13.0 Å². The summed E-state index contributed by atoms with van der Waals surface area (Å²) in [5.41, 5.74) is 0.660. The number of aryl methyl sites for hydroxylation is 1. The molecule has 0 unspecified atom stereocenters. The van der Waals surface area contributed by atoms with Crippen molar-refractivity contribution in [2.45, 2.75) is 32.9 Å². The Morgan fingerprint density at radius 2 is 2.32 bits per heavy atom. The average Bonchev–Trinajstić information content (AvgIpc) is 3.07. The molecule has 0 aliphatic heterocycles. The fourth-order valence-corrected chi connectivity index (χ4v) is 2.81. The number of aromatic nitrogens is 2. The van der Waals surface area contributed by atoms with E-state index in [9.17, 15) is 4.79 Å². The van der Waals surface area contributed by atoms with Gasteiger partial charge in [-0.05, 0) is 30.9 Å². The standard InChI is InChI=1S/C14H19N3OS/c1-4-9-17-12(7-8-15-17)14(18)16(3)11(2)13-6-5-10-19-13/h5-8,10-11H,4,9H2,1-3H3/t11-/m0/s1. The maximum Gasteiger partial charge on any atom is 0.272 e. The summed E-state index contributed by atoms with van der Waals surface area (Å²) in [6.07, 6.45) is 2.65. The Hall–Kier alpha value is -1.62. The lowest BCUT2D eigenvalue weighted by Gasteiger charge is -2.24. The van der Waals surface area contributed by atoms with Crippen molar-refractivity contribution in [3.8, 4) is 0 Å². The van der Waals surface area contributed by atoms with Crippen molar-refractivity contribution in [1.29, 1.82) is 0 Å². The van der Waals surface area contributed by atoms with Crippen LogP contribution in [-0.4, -0.2) is 27.6 Å². The summed E-state index contributed by atoms with van der Waals surface area (Å²) in [6, 6.07) is 5.94. The van der Waals surface area contributed by atoms with Crippen LogP contribution in [0.5, 0.6) is 0 Å². The highest BCUT2D eigenvalue weighted by molar-refractivity contribution is 7.10. The van der Waals surface area contributed by atoms with Crippen LogP contribution >= 0.6 is 11.3 Å². The zero-order chi connectivity index (χ0) is 13.8. The fraction of sp³-hybridized carbons (Fsp3) is 0.429. The summed E-state index contributed by atoms with van der Waals surface area (Å²) < 4.78 is 1.78. The molecule has 4 nitrogen and oxygen atoms in total. The van der Waals surface area contributed by atoms with Gasteiger partial charge in [-0.2, -0.15) is 5.10 Å². The predicted molar refractivity (Wildman–Crippen MR) is 77.3 cm³/mol. The van der Waals surface area contributed by atoms with Gasteiger partial charge in [-0.3, -0.25) is 9.48 Å². The van der Waals surface area contributed by atoms with Crippen molar-refractivity contribution in [2.75, 3.05) is 7.05 Å². The molecule has 1 atom stereocenters. The summed E-state index contributed by atoms with van der Waals surface area (Å²) in [5, 5.41) is 6.24. The Balaban J connectivity index is 2.16. The van der Waals surface area contributed by atoms with E-state index in [1.165, 1.54) is 4.88 Å². The number of rotatable bonds is 5. The van der Waals surface area contributed by atoms with Gasteiger partial charge in [-0.25, -0.2) is 0 Å². The largest absolute Gasteiger partial charge is 0.333 e. The lowest BCUT2D eigenvalue weighted by molar-refractivity contribution is 0.0732. The van der Waals surface area contributed by atoms with Crippen molar-refractivity contribution >= 4 is 17.2 Å². The number of carbonyl (C=O) groups is 1. The maximum atomic E-state index is 12.5. The average molecular weight is 277 g/mol. The Bertz CT molecular complexity index is 533. The molecule has 0 aliphatic carbocycles. The van der Waals surface area contributed by atoms with Crippen LogP contribution in [0.3, 0.4) is 0 Å². The molecule has 19 heavy (non-hydrogen) atoms. The molecule has 2 aromatic rings. The predicted octanol–water partition coefficient (Wildman–Crippen LogP) is 3.19. The van der Waals surface area contributed by atoms with Crippen LogP contribution in [-0.2, 0) is 6.54 Å². The normalized spacial score (nSPS) is 12.4. The van der Waals surface area contributed by atoms with Crippen LogP contribution in [0.15, 0.2) is 29.8 Å². The van der Waals surface area contributed by atoms with Crippen LogP contribution in [0.25, 0.3) is 0 Å². The smallest absolute Gasteiger partial charge is 0.272 e. The van der Waals surface area contributed by atoms with E-state index in [1.807, 2.05) is 25.4 Å². The highest BCUT2D eigenvalue weighted by Gasteiger charge is 2.22. The van der Waals surface area contributed by atoms with E-state index in [0.29, 0.717) is 5.69 Å². The van der Waals surface area contributed by atoms with Gasteiger partial charge in [0, 0.05) is 24.7 Å². The van der Waals surface area contributed by atoms with Gasteiger partial charge >= 0.3 is 0 Å². The minimum atomic E-state index is 0.0202. The number of hydrogen-bond donors (Lipinski definition) is 0. The van der Waals surface area contributed by atoms with Crippen molar-refractivity contribution in [3.05, 3.63) is 40.3 Å². The van der Waals surface area contributed by atoms with Crippen molar-refractivity contribution < 1.29 is 4.79 Å². The molecule has 0 fully saturated rings.